The summed E-state index contributed by atoms with van der Waals surface area (Å²) in [5, 5.41) is 7.88. The van der Waals surface area contributed by atoms with Crippen molar-refractivity contribution in [1.29, 1.82) is 0 Å². The van der Waals surface area contributed by atoms with Crippen molar-refractivity contribution in [3.05, 3.63) is 100 Å². The fourth-order valence-corrected chi connectivity index (χ4v) is 5.24. The molecule has 0 bridgehead atoms. The molecule has 1 saturated carbocycles. The highest BCUT2D eigenvalue weighted by atomic mass is 35.5. The minimum atomic E-state index is -0.0842. The van der Waals surface area contributed by atoms with Crippen molar-refractivity contribution in [2.75, 3.05) is 11.4 Å². The summed E-state index contributed by atoms with van der Waals surface area (Å²) in [5.74, 6) is -0.00949. The number of carbonyl (C=O) groups is 1. The zero-order chi connectivity index (χ0) is 23.5. The van der Waals surface area contributed by atoms with Gasteiger partial charge in [-0.05, 0) is 60.4 Å². The molecule has 1 atom stereocenters. The quantitative estimate of drug-likeness (QED) is 0.367. The monoisotopic (exact) mass is 491 g/mol. The molecular weight excluding hydrogens is 465 g/mol. The van der Waals surface area contributed by atoms with Crippen LogP contribution in [0.15, 0.2) is 84.0 Å². The van der Waals surface area contributed by atoms with Crippen LogP contribution in [0, 0.1) is 0 Å². The van der Waals surface area contributed by atoms with E-state index in [4.69, 9.17) is 28.3 Å². The van der Waals surface area contributed by atoms with Crippen molar-refractivity contribution in [2.45, 2.75) is 44.1 Å². The number of hydrogen-bond donors (Lipinski definition) is 0. The molecule has 4 nitrogen and oxygen atoms in total. The third-order valence-corrected chi connectivity index (χ3v) is 7.23. The molecule has 1 heterocycles. The number of hydrazone groups is 1. The first-order valence-electron chi connectivity index (χ1n) is 11.9. The number of hydrogen-bond acceptors (Lipinski definition) is 2. The van der Waals surface area contributed by atoms with Crippen LogP contribution >= 0.6 is 23.2 Å². The Balaban J connectivity index is 1.51. The molecule has 3 aromatic rings. The Bertz CT molecular complexity index is 1160. The number of carbonyl (C=O) groups excluding carboxylic acids is 1. The van der Waals surface area contributed by atoms with Gasteiger partial charge in [-0.25, -0.2) is 9.80 Å². The van der Waals surface area contributed by atoms with Crippen LogP contribution in [0.3, 0.4) is 0 Å². The van der Waals surface area contributed by atoms with Gasteiger partial charge in [0.15, 0.2) is 0 Å². The van der Waals surface area contributed by atoms with Crippen molar-refractivity contribution in [3.8, 4) is 0 Å². The van der Waals surface area contributed by atoms with Crippen LogP contribution in [0.25, 0.3) is 0 Å². The Labute approximate surface area is 210 Å². The average Bonchev–Trinajstić information content (AvgIpc) is 3.33. The molecule has 0 radical (unpaired) electrons. The Morgan fingerprint density at radius 2 is 1.44 bits per heavy atom. The Morgan fingerprint density at radius 3 is 2.09 bits per heavy atom. The van der Waals surface area contributed by atoms with E-state index in [1.807, 2.05) is 71.6 Å². The second kappa shape index (κ2) is 10.2. The second-order valence-corrected chi connectivity index (χ2v) is 9.83. The van der Waals surface area contributed by atoms with E-state index in [0.717, 1.165) is 48.2 Å². The van der Waals surface area contributed by atoms with Crippen LogP contribution in [0.1, 0.15) is 49.1 Å². The van der Waals surface area contributed by atoms with E-state index < -0.39 is 0 Å². The van der Waals surface area contributed by atoms with E-state index in [2.05, 4.69) is 12.1 Å². The third-order valence-electron chi connectivity index (χ3n) is 6.73. The number of amides is 2. The van der Waals surface area contributed by atoms with Crippen molar-refractivity contribution < 1.29 is 4.79 Å². The number of anilines is 1. The fraction of sp³-hybridized carbons (Fsp3) is 0.286. The molecule has 1 aliphatic carbocycles. The highest BCUT2D eigenvalue weighted by Crippen LogP contribution is 2.33. The molecule has 34 heavy (non-hydrogen) atoms. The van der Waals surface area contributed by atoms with Crippen LogP contribution in [-0.4, -0.2) is 29.3 Å². The Hall–Kier alpha value is -2.82. The minimum absolute atomic E-state index is 0.00949. The highest BCUT2D eigenvalue weighted by molar-refractivity contribution is 6.31. The molecule has 5 rings (SSSR count). The van der Waals surface area contributed by atoms with E-state index in [1.165, 1.54) is 6.42 Å². The maximum atomic E-state index is 14.0. The molecule has 6 heteroatoms. The van der Waals surface area contributed by atoms with E-state index in [1.54, 1.807) is 5.01 Å². The molecule has 174 valence electrons. The lowest BCUT2D eigenvalue weighted by Gasteiger charge is -2.36. The standard InChI is InChI=1S/C28H27Cl2N3O/c29-22-13-11-21(12-14-22)27-26(20-7-3-1-4-8-20)19-32(31-27)28(34)33(24-9-5-2-6-10-24)25-17-15-23(30)16-18-25/h1,3-4,7-8,11-18,24,26H,2,5-6,9-10,19H2. The van der Waals surface area contributed by atoms with E-state index in [9.17, 15) is 4.79 Å². The largest absolute Gasteiger partial charge is 0.345 e. The first kappa shape index (κ1) is 22.9. The summed E-state index contributed by atoms with van der Waals surface area (Å²) in [7, 11) is 0. The van der Waals surface area contributed by atoms with Crippen molar-refractivity contribution in [3.63, 3.8) is 0 Å². The fourth-order valence-electron chi connectivity index (χ4n) is 4.99. The zero-order valence-corrected chi connectivity index (χ0v) is 20.4. The van der Waals surface area contributed by atoms with Gasteiger partial charge in [-0.2, -0.15) is 5.10 Å². The third kappa shape index (κ3) is 4.84. The van der Waals surface area contributed by atoms with E-state index in [-0.39, 0.29) is 18.0 Å². The summed E-state index contributed by atoms with van der Waals surface area (Å²) < 4.78 is 0. The van der Waals surface area contributed by atoms with Crippen molar-refractivity contribution in [1.82, 2.24) is 5.01 Å². The van der Waals surface area contributed by atoms with Gasteiger partial charge in [0.1, 0.15) is 0 Å². The molecular formula is C28H27Cl2N3O. The Kier molecular flexibility index (Phi) is 6.89. The van der Waals surface area contributed by atoms with Gasteiger partial charge in [-0.15, -0.1) is 0 Å². The van der Waals surface area contributed by atoms with Gasteiger partial charge in [0.2, 0.25) is 0 Å². The highest BCUT2D eigenvalue weighted by Gasteiger charge is 2.37. The van der Waals surface area contributed by atoms with Gasteiger partial charge in [0.05, 0.1) is 12.3 Å². The molecule has 2 amide bonds. The SMILES string of the molecule is O=C(N1CC(c2ccccc2)C(c2ccc(Cl)cc2)=N1)N(c1ccc(Cl)cc1)C1CCCCC1. The van der Waals surface area contributed by atoms with Crippen molar-refractivity contribution in [2.24, 2.45) is 5.10 Å². The summed E-state index contributed by atoms with van der Waals surface area (Å²) in [6.07, 6.45) is 5.48. The first-order valence-corrected chi connectivity index (χ1v) is 12.6. The summed E-state index contributed by atoms with van der Waals surface area (Å²) in [5.41, 5.74) is 3.87. The van der Waals surface area contributed by atoms with Gasteiger partial charge in [-0.1, -0.05) is 84.9 Å². The molecule has 0 saturated heterocycles. The summed E-state index contributed by atoms with van der Waals surface area (Å²) in [4.78, 5) is 16.0. The molecule has 0 aromatic heterocycles. The average molecular weight is 492 g/mol. The summed E-state index contributed by atoms with van der Waals surface area (Å²) >= 11 is 12.3. The maximum absolute atomic E-state index is 14.0. The number of benzene rings is 3. The number of halogens is 2. The van der Waals surface area contributed by atoms with Crippen molar-refractivity contribution >= 4 is 40.6 Å². The first-order chi connectivity index (χ1) is 16.6. The van der Waals surface area contributed by atoms with Gasteiger partial charge >= 0.3 is 6.03 Å². The van der Waals surface area contributed by atoms with Gasteiger partial charge < -0.3 is 0 Å². The molecule has 1 unspecified atom stereocenters. The van der Waals surface area contributed by atoms with Crippen LogP contribution in [0.5, 0.6) is 0 Å². The van der Waals surface area contributed by atoms with E-state index >= 15 is 0 Å². The molecule has 3 aromatic carbocycles. The lowest BCUT2D eigenvalue weighted by atomic mass is 9.90. The van der Waals surface area contributed by atoms with Crippen LogP contribution in [0.2, 0.25) is 10.0 Å². The lowest BCUT2D eigenvalue weighted by molar-refractivity contribution is 0.205. The molecule has 1 aliphatic heterocycles. The molecule has 0 N–H and O–H groups in total. The molecule has 2 aliphatic rings. The predicted octanol–water partition coefficient (Wildman–Crippen LogP) is 7.76. The minimum Gasteiger partial charge on any atom is -0.290 e. The van der Waals surface area contributed by atoms with Crippen LogP contribution in [-0.2, 0) is 0 Å². The zero-order valence-electron chi connectivity index (χ0n) is 18.9. The molecule has 0 spiro atoms. The smallest absolute Gasteiger partial charge is 0.290 e. The van der Waals surface area contributed by atoms with Crippen LogP contribution < -0.4 is 4.90 Å². The maximum Gasteiger partial charge on any atom is 0.345 e. The van der Waals surface area contributed by atoms with Gasteiger partial charge in [0, 0.05) is 27.7 Å². The van der Waals surface area contributed by atoms with E-state index in [0.29, 0.717) is 16.6 Å². The van der Waals surface area contributed by atoms with Crippen LogP contribution in [0.4, 0.5) is 10.5 Å². The summed E-state index contributed by atoms with van der Waals surface area (Å²) in [6, 6.07) is 25.6. The number of nitrogens with zero attached hydrogens (tertiary/aromatic N) is 3. The van der Waals surface area contributed by atoms with Gasteiger partial charge in [0.25, 0.3) is 0 Å². The Morgan fingerprint density at radius 1 is 0.824 bits per heavy atom. The predicted molar refractivity (Wildman–Crippen MR) is 140 cm³/mol. The number of urea groups is 1. The lowest BCUT2D eigenvalue weighted by Crippen LogP contribution is -2.47. The normalized spacial score (nSPS) is 18.6. The topological polar surface area (TPSA) is 35.9 Å². The molecule has 1 fully saturated rings. The van der Waals surface area contributed by atoms with Gasteiger partial charge in [-0.3, -0.25) is 4.90 Å². The number of rotatable bonds is 4. The summed E-state index contributed by atoms with van der Waals surface area (Å²) in [6.45, 7) is 0.498. The second-order valence-electron chi connectivity index (χ2n) is 8.96.